The highest BCUT2D eigenvalue weighted by Crippen LogP contribution is 1.80. The molecule has 0 fully saturated rings. The largest absolute Gasteiger partial charge is 0.444 e. The van der Waals surface area contributed by atoms with Crippen molar-refractivity contribution in [3.63, 3.8) is 0 Å². The maximum Gasteiger partial charge on any atom is 0.156 e. The lowest BCUT2D eigenvalue weighted by Crippen LogP contribution is -2.18. The summed E-state index contributed by atoms with van der Waals surface area (Å²) >= 11 is 0. The number of nitrogens with one attached hydrogen (secondary N) is 1. The van der Waals surface area contributed by atoms with Gasteiger partial charge in [-0.15, -0.1) is 0 Å². The molecule has 0 atom stereocenters. The molecule has 0 heterocycles. The summed E-state index contributed by atoms with van der Waals surface area (Å²) < 4.78 is 0. The Morgan fingerprint density at radius 3 is 2.62 bits per heavy atom. The Labute approximate surface area is 50.9 Å². The van der Waals surface area contributed by atoms with Gasteiger partial charge in [0, 0.05) is 0 Å². The standard InChI is InChI=1S/C6H15NO/c1-2-3-4-7-5-6-8/h7-8H,2-6H2,1H3/p+1. The van der Waals surface area contributed by atoms with Crippen LogP contribution in [0.4, 0.5) is 0 Å². The van der Waals surface area contributed by atoms with Crippen LogP contribution in [0.5, 0.6) is 0 Å². The topological polar surface area (TPSA) is 34.9 Å². The first-order chi connectivity index (χ1) is 3.91. The Kier molecular flexibility index (Phi) is 6.85. The lowest BCUT2D eigenvalue weighted by Gasteiger charge is -1.96. The van der Waals surface area contributed by atoms with Crippen LogP contribution in [0.3, 0.4) is 0 Å². The van der Waals surface area contributed by atoms with Gasteiger partial charge in [0.25, 0.3) is 0 Å². The molecule has 2 heteroatoms. The quantitative estimate of drug-likeness (QED) is 0.403. The molecule has 3 N–H and O–H groups in total. The molecule has 0 amide bonds. The maximum atomic E-state index is 6.78. The van der Waals surface area contributed by atoms with E-state index in [1.807, 2.05) is 0 Å². The molecular formula is C6H16NO+. The summed E-state index contributed by atoms with van der Waals surface area (Å²) in [5.74, 6) is 0. The third-order valence-electron chi connectivity index (χ3n) is 1.01. The zero-order chi connectivity index (χ0) is 6.24. The first-order valence-corrected chi connectivity index (χ1v) is 3.27. The van der Waals surface area contributed by atoms with Gasteiger partial charge in [0.15, 0.2) is 6.61 Å². The average Bonchev–Trinajstić information content (AvgIpc) is 1.81. The first-order valence-electron chi connectivity index (χ1n) is 3.27. The van der Waals surface area contributed by atoms with E-state index in [0.717, 1.165) is 13.1 Å². The highest BCUT2D eigenvalue weighted by molar-refractivity contribution is 4.43. The fourth-order valence-electron chi connectivity index (χ4n) is 0.515. The van der Waals surface area contributed by atoms with Gasteiger partial charge >= 0.3 is 0 Å². The van der Waals surface area contributed by atoms with E-state index in [1.54, 1.807) is 0 Å². The molecule has 0 saturated carbocycles. The predicted octanol–water partition coefficient (Wildman–Crippen LogP) is 0.101. The van der Waals surface area contributed by atoms with E-state index in [-0.39, 0.29) is 0 Å². The Morgan fingerprint density at radius 2 is 2.12 bits per heavy atom. The van der Waals surface area contributed by atoms with E-state index in [1.165, 1.54) is 12.8 Å². The second-order valence-electron chi connectivity index (χ2n) is 1.85. The van der Waals surface area contributed by atoms with E-state index < -0.39 is 0 Å². The minimum absolute atomic E-state index is 0.504. The van der Waals surface area contributed by atoms with Gasteiger partial charge in [0.2, 0.25) is 0 Å². The number of hydrogen-bond acceptors (Lipinski definition) is 1. The van der Waals surface area contributed by atoms with Crippen molar-refractivity contribution in [1.82, 2.24) is 5.32 Å². The van der Waals surface area contributed by atoms with E-state index >= 15 is 0 Å². The molecule has 0 unspecified atom stereocenters. The van der Waals surface area contributed by atoms with E-state index in [2.05, 4.69) is 12.2 Å². The van der Waals surface area contributed by atoms with Gasteiger partial charge < -0.3 is 10.4 Å². The molecule has 0 aromatic heterocycles. The van der Waals surface area contributed by atoms with Crippen LogP contribution in [0.15, 0.2) is 0 Å². The average molecular weight is 118 g/mol. The fourth-order valence-corrected chi connectivity index (χ4v) is 0.515. The van der Waals surface area contributed by atoms with Crippen molar-refractivity contribution < 1.29 is 5.11 Å². The second kappa shape index (κ2) is 6.92. The summed E-state index contributed by atoms with van der Waals surface area (Å²) in [5.41, 5.74) is 0. The summed E-state index contributed by atoms with van der Waals surface area (Å²) in [7, 11) is 0. The van der Waals surface area contributed by atoms with Crippen molar-refractivity contribution in [1.29, 1.82) is 0 Å². The van der Waals surface area contributed by atoms with Gasteiger partial charge in [0.1, 0.15) is 0 Å². The molecule has 0 radical (unpaired) electrons. The van der Waals surface area contributed by atoms with Crippen molar-refractivity contribution in [2.24, 2.45) is 0 Å². The van der Waals surface area contributed by atoms with Gasteiger partial charge in [-0.05, 0) is 13.0 Å². The molecule has 2 nitrogen and oxygen atoms in total. The van der Waals surface area contributed by atoms with Gasteiger partial charge in [0.05, 0.1) is 6.54 Å². The van der Waals surface area contributed by atoms with Crippen molar-refractivity contribution in [3.05, 3.63) is 0 Å². The molecule has 50 valence electrons. The molecule has 0 bridgehead atoms. The van der Waals surface area contributed by atoms with E-state index in [0.29, 0.717) is 6.61 Å². The Morgan fingerprint density at radius 1 is 1.38 bits per heavy atom. The smallest absolute Gasteiger partial charge is 0.156 e. The molecule has 0 saturated heterocycles. The molecule has 0 spiro atoms. The number of rotatable bonds is 5. The minimum atomic E-state index is 0.504. The monoisotopic (exact) mass is 118 g/mol. The zero-order valence-corrected chi connectivity index (χ0v) is 5.54. The van der Waals surface area contributed by atoms with Gasteiger partial charge in [-0.1, -0.05) is 13.3 Å². The predicted molar refractivity (Wildman–Crippen MR) is 36.3 cm³/mol. The van der Waals surface area contributed by atoms with Crippen LogP contribution in [-0.4, -0.2) is 24.8 Å². The van der Waals surface area contributed by atoms with Crippen molar-refractivity contribution >= 4 is 0 Å². The summed E-state index contributed by atoms with van der Waals surface area (Å²) in [6.45, 7) is 4.60. The van der Waals surface area contributed by atoms with Crippen molar-refractivity contribution in [2.45, 2.75) is 19.8 Å². The maximum absolute atomic E-state index is 6.78. The highest BCUT2D eigenvalue weighted by Gasteiger charge is 1.83. The Balaban J connectivity index is 2.53. The van der Waals surface area contributed by atoms with Crippen LogP contribution in [0, 0.1) is 0 Å². The molecule has 0 aliphatic rings. The molecule has 0 rings (SSSR count). The van der Waals surface area contributed by atoms with Crippen LogP contribution in [0.2, 0.25) is 0 Å². The minimum Gasteiger partial charge on any atom is -0.444 e. The lowest BCUT2D eigenvalue weighted by molar-refractivity contribution is 0.292. The van der Waals surface area contributed by atoms with Crippen molar-refractivity contribution in [3.8, 4) is 0 Å². The van der Waals surface area contributed by atoms with Crippen LogP contribution in [0.1, 0.15) is 19.8 Å². The third-order valence-corrected chi connectivity index (χ3v) is 1.01. The summed E-state index contributed by atoms with van der Waals surface area (Å²) in [6.07, 6.45) is 2.48. The zero-order valence-electron chi connectivity index (χ0n) is 5.54. The van der Waals surface area contributed by atoms with E-state index in [9.17, 15) is 0 Å². The normalized spacial score (nSPS) is 9.75. The fraction of sp³-hybridized carbons (Fsp3) is 1.00. The molecule has 0 aromatic carbocycles. The number of hydrogen-bond donors (Lipinski definition) is 1. The molecule has 0 aromatic rings. The summed E-state index contributed by atoms with van der Waals surface area (Å²) in [6, 6.07) is 0. The molecular weight excluding hydrogens is 102 g/mol. The third kappa shape index (κ3) is 5.92. The summed E-state index contributed by atoms with van der Waals surface area (Å²) in [5, 5.41) is 9.92. The Bertz CT molecular complexity index is 33.5. The molecule has 0 aliphatic carbocycles. The van der Waals surface area contributed by atoms with Gasteiger partial charge in [-0.3, -0.25) is 0 Å². The van der Waals surface area contributed by atoms with Crippen LogP contribution in [-0.2, 0) is 0 Å². The Hall–Kier alpha value is -0.0800. The number of unbranched alkanes of at least 4 members (excludes halogenated alkanes) is 1. The summed E-state index contributed by atoms with van der Waals surface area (Å²) in [4.78, 5) is 0. The van der Waals surface area contributed by atoms with Gasteiger partial charge in [-0.25, -0.2) is 0 Å². The highest BCUT2D eigenvalue weighted by atomic mass is 16.3. The molecule has 0 aliphatic heterocycles. The SMILES string of the molecule is CCCCNCC[OH2+]. The lowest BCUT2D eigenvalue weighted by atomic mass is 10.3. The van der Waals surface area contributed by atoms with Crippen LogP contribution < -0.4 is 5.32 Å². The molecule has 8 heavy (non-hydrogen) atoms. The van der Waals surface area contributed by atoms with Crippen LogP contribution in [0.25, 0.3) is 0 Å². The van der Waals surface area contributed by atoms with Crippen LogP contribution >= 0.6 is 0 Å². The first kappa shape index (κ1) is 7.92. The second-order valence-corrected chi connectivity index (χ2v) is 1.85. The van der Waals surface area contributed by atoms with Gasteiger partial charge in [-0.2, -0.15) is 0 Å². The van der Waals surface area contributed by atoms with E-state index in [4.69, 9.17) is 5.11 Å². The van der Waals surface area contributed by atoms with Crippen molar-refractivity contribution in [2.75, 3.05) is 19.7 Å².